The van der Waals surface area contributed by atoms with Crippen LogP contribution in [0.25, 0.3) is 11.3 Å². The number of nitrogens with zero attached hydrogens (tertiary/aromatic N) is 2. The smallest absolute Gasteiger partial charge is 0.276 e. The van der Waals surface area contributed by atoms with Crippen molar-refractivity contribution in [3.63, 3.8) is 0 Å². The van der Waals surface area contributed by atoms with E-state index in [0.29, 0.717) is 17.1 Å². The number of aryl methyl sites for hydroxylation is 2. The van der Waals surface area contributed by atoms with E-state index in [0.717, 1.165) is 22.4 Å². The third kappa shape index (κ3) is 4.27. The number of hydrogen-bond donors (Lipinski definition) is 1. The summed E-state index contributed by atoms with van der Waals surface area (Å²) >= 11 is 6.15. The molecule has 1 amide bonds. The van der Waals surface area contributed by atoms with Crippen LogP contribution in [0.3, 0.4) is 0 Å². The maximum atomic E-state index is 12.9. The van der Waals surface area contributed by atoms with E-state index in [-0.39, 0.29) is 29.1 Å². The Balaban J connectivity index is 1.70. The Bertz CT molecular complexity index is 1220. The van der Waals surface area contributed by atoms with Crippen LogP contribution in [0.5, 0.6) is 0 Å². The molecule has 0 spiro atoms. The van der Waals surface area contributed by atoms with E-state index in [4.69, 9.17) is 11.6 Å². The number of amides is 1. The number of hydrogen-bond acceptors (Lipinski definition) is 4. The first-order chi connectivity index (χ1) is 14.2. The molecule has 0 radical (unpaired) electrons. The Morgan fingerprint density at radius 2 is 1.87 bits per heavy atom. The van der Waals surface area contributed by atoms with Crippen LogP contribution >= 0.6 is 11.6 Å². The number of halogens is 1. The molecule has 2 heterocycles. The molecule has 1 fully saturated rings. The normalized spacial score (nSPS) is 17.8. The maximum absolute atomic E-state index is 12.9. The van der Waals surface area contributed by atoms with Gasteiger partial charge < -0.3 is 5.32 Å². The zero-order chi connectivity index (χ0) is 21.5. The van der Waals surface area contributed by atoms with Crippen molar-refractivity contribution in [2.45, 2.75) is 26.3 Å². The van der Waals surface area contributed by atoms with E-state index in [1.807, 2.05) is 44.2 Å². The van der Waals surface area contributed by atoms with Crippen LogP contribution in [0, 0.1) is 13.8 Å². The summed E-state index contributed by atoms with van der Waals surface area (Å²) in [4.78, 5) is 12.9. The fourth-order valence-electron chi connectivity index (χ4n) is 3.56. The first kappa shape index (κ1) is 20.6. The molecular weight excluding hydrogens is 422 g/mol. The molecular formula is C22H22ClN3O3S. The van der Waals surface area contributed by atoms with Gasteiger partial charge in [-0.3, -0.25) is 9.48 Å². The largest absolute Gasteiger partial charge is 0.321 e. The molecule has 8 heteroatoms. The number of nitrogens with one attached hydrogen (secondary N) is 1. The number of rotatable bonds is 4. The van der Waals surface area contributed by atoms with Crippen molar-refractivity contribution in [2.24, 2.45) is 0 Å². The van der Waals surface area contributed by atoms with Crippen LogP contribution in [0.15, 0.2) is 48.5 Å². The second kappa shape index (κ2) is 7.89. The summed E-state index contributed by atoms with van der Waals surface area (Å²) in [6.45, 7) is 3.88. The van der Waals surface area contributed by atoms with Crippen molar-refractivity contribution in [1.82, 2.24) is 9.78 Å². The first-order valence-electron chi connectivity index (χ1n) is 9.66. The molecule has 0 saturated carbocycles. The molecule has 6 nitrogen and oxygen atoms in total. The fraction of sp³-hybridized carbons (Fsp3) is 0.273. The predicted molar refractivity (Wildman–Crippen MR) is 119 cm³/mol. The van der Waals surface area contributed by atoms with Crippen molar-refractivity contribution in [3.05, 3.63) is 70.4 Å². The SMILES string of the molecule is Cc1ccc(-c2cc(C(=O)Nc3ccc(C)c(Cl)c3)nn2[C@@H]2CCS(=O)(=O)C2)cc1. The van der Waals surface area contributed by atoms with Gasteiger partial charge in [-0.1, -0.05) is 47.5 Å². The number of carbonyl (C=O) groups is 1. The zero-order valence-electron chi connectivity index (χ0n) is 16.7. The summed E-state index contributed by atoms with van der Waals surface area (Å²) in [7, 11) is -3.09. The van der Waals surface area contributed by atoms with E-state index in [9.17, 15) is 13.2 Å². The monoisotopic (exact) mass is 443 g/mol. The van der Waals surface area contributed by atoms with Gasteiger partial charge in [-0.2, -0.15) is 5.10 Å². The van der Waals surface area contributed by atoms with Gasteiger partial charge in [0.2, 0.25) is 0 Å². The lowest BCUT2D eigenvalue weighted by Crippen LogP contribution is -2.16. The van der Waals surface area contributed by atoms with Crippen LogP contribution in [-0.4, -0.2) is 35.6 Å². The molecule has 1 aromatic heterocycles. The first-order valence-corrected chi connectivity index (χ1v) is 11.9. The number of benzene rings is 2. The fourth-order valence-corrected chi connectivity index (χ4v) is 5.43. The van der Waals surface area contributed by atoms with Crippen molar-refractivity contribution in [3.8, 4) is 11.3 Å². The molecule has 0 unspecified atom stereocenters. The van der Waals surface area contributed by atoms with Crippen molar-refractivity contribution >= 4 is 33.0 Å². The van der Waals surface area contributed by atoms with E-state index >= 15 is 0 Å². The van der Waals surface area contributed by atoms with Crippen LogP contribution < -0.4 is 5.32 Å². The second-order valence-electron chi connectivity index (χ2n) is 7.70. The minimum Gasteiger partial charge on any atom is -0.321 e. The molecule has 0 bridgehead atoms. The minimum absolute atomic E-state index is 0.0299. The van der Waals surface area contributed by atoms with Gasteiger partial charge in [-0.05, 0) is 49.6 Å². The Morgan fingerprint density at radius 3 is 2.50 bits per heavy atom. The molecule has 1 atom stereocenters. The third-order valence-corrected chi connectivity index (χ3v) is 7.46. The average molecular weight is 444 g/mol. The standard InChI is InChI=1S/C22H22ClN3O3S/c1-14-3-6-16(7-4-14)21-12-20(25-26(21)18-9-10-30(28,29)13-18)22(27)24-17-8-5-15(2)19(23)11-17/h3-8,11-12,18H,9-10,13H2,1-2H3,(H,24,27)/t18-/m1/s1. The molecule has 4 rings (SSSR count). The number of carbonyl (C=O) groups excluding carboxylic acids is 1. The Kier molecular flexibility index (Phi) is 5.42. The average Bonchev–Trinajstić information content (AvgIpc) is 3.29. The predicted octanol–water partition coefficient (Wildman–Crippen LogP) is 4.43. The summed E-state index contributed by atoms with van der Waals surface area (Å²) in [6, 6.07) is 14.6. The maximum Gasteiger partial charge on any atom is 0.276 e. The van der Waals surface area contributed by atoms with Crippen LogP contribution in [0.1, 0.15) is 34.1 Å². The molecule has 1 N–H and O–H groups in total. The van der Waals surface area contributed by atoms with Gasteiger partial charge in [0.1, 0.15) is 0 Å². The second-order valence-corrected chi connectivity index (χ2v) is 10.3. The Morgan fingerprint density at radius 1 is 1.13 bits per heavy atom. The van der Waals surface area contributed by atoms with E-state index in [2.05, 4.69) is 10.4 Å². The van der Waals surface area contributed by atoms with Crippen molar-refractivity contribution in [2.75, 3.05) is 16.8 Å². The van der Waals surface area contributed by atoms with E-state index in [1.54, 1.807) is 22.9 Å². The lowest BCUT2D eigenvalue weighted by atomic mass is 10.1. The van der Waals surface area contributed by atoms with Crippen LogP contribution in [0.4, 0.5) is 5.69 Å². The van der Waals surface area contributed by atoms with E-state index in [1.165, 1.54) is 0 Å². The lowest BCUT2D eigenvalue weighted by Gasteiger charge is -2.13. The molecule has 30 heavy (non-hydrogen) atoms. The molecule has 0 aliphatic carbocycles. The highest BCUT2D eigenvalue weighted by Gasteiger charge is 2.32. The van der Waals surface area contributed by atoms with Gasteiger partial charge in [0, 0.05) is 10.7 Å². The highest BCUT2D eigenvalue weighted by Crippen LogP contribution is 2.30. The number of sulfone groups is 1. The topological polar surface area (TPSA) is 81.1 Å². The highest BCUT2D eigenvalue weighted by molar-refractivity contribution is 7.91. The lowest BCUT2D eigenvalue weighted by molar-refractivity contribution is 0.102. The zero-order valence-corrected chi connectivity index (χ0v) is 18.3. The molecule has 156 valence electrons. The summed E-state index contributed by atoms with van der Waals surface area (Å²) in [5.74, 6) is -0.209. The van der Waals surface area contributed by atoms with Crippen molar-refractivity contribution < 1.29 is 13.2 Å². The van der Waals surface area contributed by atoms with Gasteiger partial charge in [0.15, 0.2) is 15.5 Å². The van der Waals surface area contributed by atoms with E-state index < -0.39 is 9.84 Å². The van der Waals surface area contributed by atoms with Gasteiger partial charge in [0.25, 0.3) is 5.91 Å². The molecule has 1 saturated heterocycles. The summed E-state index contributed by atoms with van der Waals surface area (Å²) < 4.78 is 25.7. The van der Waals surface area contributed by atoms with Gasteiger partial charge in [-0.25, -0.2) is 8.42 Å². The minimum atomic E-state index is -3.09. The summed E-state index contributed by atoms with van der Waals surface area (Å²) in [5, 5.41) is 7.88. The molecule has 3 aromatic rings. The van der Waals surface area contributed by atoms with Crippen LogP contribution in [0.2, 0.25) is 5.02 Å². The Labute approximate surface area is 180 Å². The third-order valence-electron chi connectivity index (χ3n) is 5.30. The summed E-state index contributed by atoms with van der Waals surface area (Å²) in [5.41, 5.74) is 4.45. The number of anilines is 1. The molecule has 2 aromatic carbocycles. The van der Waals surface area contributed by atoms with Gasteiger partial charge in [0.05, 0.1) is 23.2 Å². The highest BCUT2D eigenvalue weighted by atomic mass is 35.5. The molecule has 1 aliphatic rings. The van der Waals surface area contributed by atoms with Crippen molar-refractivity contribution in [1.29, 1.82) is 0 Å². The summed E-state index contributed by atoms with van der Waals surface area (Å²) in [6.07, 6.45) is 0.484. The quantitative estimate of drug-likeness (QED) is 0.646. The van der Waals surface area contributed by atoms with Gasteiger partial charge in [-0.15, -0.1) is 0 Å². The molecule has 1 aliphatic heterocycles. The van der Waals surface area contributed by atoms with Crippen LogP contribution in [-0.2, 0) is 9.84 Å². The Hall–Kier alpha value is -2.64. The number of aromatic nitrogens is 2. The van der Waals surface area contributed by atoms with Gasteiger partial charge >= 0.3 is 0 Å².